The van der Waals surface area contributed by atoms with Crippen LogP contribution in [0.2, 0.25) is 0 Å². The molecule has 0 aliphatic carbocycles. The molecule has 12 heavy (non-hydrogen) atoms. The summed E-state index contributed by atoms with van der Waals surface area (Å²) in [7, 11) is 0. The molecule has 0 saturated heterocycles. The number of aromatic nitrogens is 1. The third-order valence-electron chi connectivity index (χ3n) is 1.85. The molecule has 0 bridgehead atoms. The molecule has 0 saturated carbocycles. The molecule has 1 unspecified atom stereocenters. The molecule has 1 atom stereocenters. The molecule has 1 aromatic heterocycles. The second kappa shape index (κ2) is 4.58. The lowest BCUT2D eigenvalue weighted by atomic mass is 10.2. The Balaban J connectivity index is 2.63. The van der Waals surface area contributed by atoms with E-state index in [2.05, 4.69) is 24.2 Å². The predicted octanol–water partition coefficient (Wildman–Crippen LogP) is 2.51. The van der Waals surface area contributed by atoms with Gasteiger partial charge in [-0.25, -0.2) is 4.98 Å². The van der Waals surface area contributed by atoms with E-state index in [-0.39, 0.29) is 6.04 Å². The van der Waals surface area contributed by atoms with Gasteiger partial charge in [-0.3, -0.25) is 0 Å². The highest BCUT2D eigenvalue weighted by atomic mass is 32.1. The molecule has 0 aliphatic heterocycles. The average molecular weight is 184 g/mol. The fourth-order valence-corrected chi connectivity index (χ4v) is 2.00. The van der Waals surface area contributed by atoms with E-state index in [0.717, 1.165) is 25.0 Å². The van der Waals surface area contributed by atoms with Gasteiger partial charge < -0.3 is 5.73 Å². The number of nitrogens with two attached hydrogens (primary N) is 1. The lowest BCUT2D eigenvalue weighted by molar-refractivity contribution is 0.676. The summed E-state index contributed by atoms with van der Waals surface area (Å²) in [6.07, 6.45) is 3.21. The maximum Gasteiger partial charge on any atom is 0.0928 e. The van der Waals surface area contributed by atoms with Gasteiger partial charge in [-0.05, 0) is 19.3 Å². The van der Waals surface area contributed by atoms with Crippen LogP contribution in [0.5, 0.6) is 0 Å². The molecule has 3 heteroatoms. The van der Waals surface area contributed by atoms with Gasteiger partial charge in [0.05, 0.1) is 10.7 Å². The summed E-state index contributed by atoms with van der Waals surface area (Å²) in [4.78, 5) is 4.46. The Kier molecular flexibility index (Phi) is 3.69. The molecule has 0 radical (unpaired) electrons. The van der Waals surface area contributed by atoms with Crippen LogP contribution in [0.4, 0.5) is 0 Å². The molecule has 1 heterocycles. The highest BCUT2D eigenvalue weighted by molar-refractivity contribution is 7.09. The summed E-state index contributed by atoms with van der Waals surface area (Å²) in [5, 5.41) is 3.30. The number of aryl methyl sites for hydroxylation is 1. The first-order valence-electron chi connectivity index (χ1n) is 4.47. The Morgan fingerprint density at radius 1 is 1.58 bits per heavy atom. The van der Waals surface area contributed by atoms with E-state index in [0.29, 0.717) is 0 Å². The monoisotopic (exact) mass is 184 g/mol. The first kappa shape index (κ1) is 9.68. The van der Waals surface area contributed by atoms with E-state index in [1.54, 1.807) is 11.3 Å². The van der Waals surface area contributed by atoms with Crippen LogP contribution in [0.15, 0.2) is 5.38 Å². The van der Waals surface area contributed by atoms with Crippen LogP contribution >= 0.6 is 11.3 Å². The van der Waals surface area contributed by atoms with E-state index >= 15 is 0 Å². The van der Waals surface area contributed by atoms with Gasteiger partial charge in [-0.1, -0.05) is 13.8 Å². The van der Waals surface area contributed by atoms with Crippen LogP contribution in [-0.4, -0.2) is 4.98 Å². The van der Waals surface area contributed by atoms with E-state index in [1.165, 1.54) is 5.01 Å². The Bertz CT molecular complexity index is 232. The highest BCUT2D eigenvalue weighted by Crippen LogP contribution is 2.18. The summed E-state index contributed by atoms with van der Waals surface area (Å²) >= 11 is 1.73. The summed E-state index contributed by atoms with van der Waals surface area (Å²) in [6, 6.07) is 0.131. The number of hydrogen-bond acceptors (Lipinski definition) is 3. The van der Waals surface area contributed by atoms with Crippen LogP contribution in [0.3, 0.4) is 0 Å². The molecule has 0 aliphatic rings. The zero-order valence-electron chi connectivity index (χ0n) is 7.71. The van der Waals surface area contributed by atoms with Crippen molar-refractivity contribution in [3.05, 3.63) is 16.1 Å². The van der Waals surface area contributed by atoms with Gasteiger partial charge in [0.25, 0.3) is 0 Å². The Morgan fingerprint density at radius 2 is 2.33 bits per heavy atom. The second-order valence-corrected chi connectivity index (χ2v) is 3.87. The minimum absolute atomic E-state index is 0.131. The van der Waals surface area contributed by atoms with Crippen molar-refractivity contribution in [1.29, 1.82) is 0 Å². The van der Waals surface area contributed by atoms with Crippen molar-refractivity contribution in [1.82, 2.24) is 4.98 Å². The maximum atomic E-state index is 5.85. The van der Waals surface area contributed by atoms with Gasteiger partial charge in [0, 0.05) is 11.4 Å². The van der Waals surface area contributed by atoms with E-state index < -0.39 is 0 Å². The quantitative estimate of drug-likeness (QED) is 0.781. The fourth-order valence-electron chi connectivity index (χ4n) is 1.03. The lowest BCUT2D eigenvalue weighted by Crippen LogP contribution is -2.08. The predicted molar refractivity (Wildman–Crippen MR) is 53.3 cm³/mol. The van der Waals surface area contributed by atoms with Crippen LogP contribution in [0, 0.1) is 0 Å². The molecule has 2 N–H and O–H groups in total. The molecule has 0 spiro atoms. The highest BCUT2D eigenvalue weighted by Gasteiger charge is 2.07. The Hall–Kier alpha value is -0.410. The van der Waals surface area contributed by atoms with Crippen molar-refractivity contribution in [2.24, 2.45) is 5.73 Å². The second-order valence-electron chi connectivity index (χ2n) is 2.93. The van der Waals surface area contributed by atoms with Crippen molar-refractivity contribution in [3.8, 4) is 0 Å². The summed E-state index contributed by atoms with van der Waals surface area (Å²) in [5.41, 5.74) is 6.91. The molecule has 1 aromatic rings. The maximum absolute atomic E-state index is 5.85. The third-order valence-corrected chi connectivity index (χ3v) is 2.78. The first-order valence-corrected chi connectivity index (χ1v) is 5.35. The molecule has 0 amide bonds. The average Bonchev–Trinajstić information content (AvgIpc) is 2.52. The number of thiazole rings is 1. The normalized spacial score (nSPS) is 13.2. The van der Waals surface area contributed by atoms with Gasteiger partial charge >= 0.3 is 0 Å². The van der Waals surface area contributed by atoms with E-state index in [9.17, 15) is 0 Å². The standard InChI is InChI=1S/C9H16N2S/c1-3-5-9-11-8(6-12-9)7(10)4-2/h6-7H,3-5,10H2,1-2H3. The molecule has 0 aromatic carbocycles. The van der Waals surface area contributed by atoms with Gasteiger partial charge in [0.15, 0.2) is 0 Å². The van der Waals surface area contributed by atoms with E-state index in [4.69, 9.17) is 5.73 Å². The smallest absolute Gasteiger partial charge is 0.0928 e. The lowest BCUT2D eigenvalue weighted by Gasteiger charge is -2.02. The molecule has 68 valence electrons. The van der Waals surface area contributed by atoms with Gasteiger partial charge in [-0.2, -0.15) is 0 Å². The van der Waals surface area contributed by atoms with Crippen molar-refractivity contribution in [2.75, 3.05) is 0 Å². The van der Waals surface area contributed by atoms with Crippen LogP contribution in [0.1, 0.15) is 43.4 Å². The van der Waals surface area contributed by atoms with Crippen LogP contribution in [0.25, 0.3) is 0 Å². The molecule has 1 rings (SSSR count). The van der Waals surface area contributed by atoms with Crippen molar-refractivity contribution in [3.63, 3.8) is 0 Å². The third kappa shape index (κ3) is 2.29. The molecular weight excluding hydrogens is 168 g/mol. The van der Waals surface area contributed by atoms with Crippen LogP contribution in [-0.2, 0) is 6.42 Å². The summed E-state index contributed by atoms with van der Waals surface area (Å²) in [5.74, 6) is 0. The van der Waals surface area contributed by atoms with Crippen molar-refractivity contribution in [2.45, 2.75) is 39.2 Å². The number of hydrogen-bond donors (Lipinski definition) is 1. The largest absolute Gasteiger partial charge is 0.323 e. The topological polar surface area (TPSA) is 38.9 Å². The SMILES string of the molecule is CCCc1nc(C(N)CC)cs1. The number of nitrogens with zero attached hydrogens (tertiary/aromatic N) is 1. The molecule has 2 nitrogen and oxygen atoms in total. The summed E-state index contributed by atoms with van der Waals surface area (Å²) < 4.78 is 0. The van der Waals surface area contributed by atoms with Gasteiger partial charge in [-0.15, -0.1) is 11.3 Å². The fraction of sp³-hybridized carbons (Fsp3) is 0.667. The zero-order valence-corrected chi connectivity index (χ0v) is 8.53. The number of rotatable bonds is 4. The zero-order chi connectivity index (χ0) is 8.97. The first-order chi connectivity index (χ1) is 5.77. The minimum Gasteiger partial charge on any atom is -0.323 e. The summed E-state index contributed by atoms with van der Waals surface area (Å²) in [6.45, 7) is 4.25. The molecule has 0 fully saturated rings. The van der Waals surface area contributed by atoms with Crippen LogP contribution < -0.4 is 5.73 Å². The van der Waals surface area contributed by atoms with Gasteiger partial charge in [0.2, 0.25) is 0 Å². The molecular formula is C9H16N2S. The minimum atomic E-state index is 0.131. The Morgan fingerprint density at radius 3 is 2.92 bits per heavy atom. The van der Waals surface area contributed by atoms with Gasteiger partial charge in [0.1, 0.15) is 0 Å². The van der Waals surface area contributed by atoms with E-state index in [1.807, 2.05) is 0 Å². The Labute approximate surface area is 77.8 Å². The van der Waals surface area contributed by atoms with Crippen molar-refractivity contribution >= 4 is 11.3 Å². The van der Waals surface area contributed by atoms with Crippen molar-refractivity contribution < 1.29 is 0 Å².